The average Bonchev–Trinajstić information content (AvgIpc) is 3.51. The van der Waals surface area contributed by atoms with Gasteiger partial charge in [-0.15, -0.1) is 0 Å². The van der Waals surface area contributed by atoms with Gasteiger partial charge in [-0.3, -0.25) is 9.59 Å². The third-order valence-electron chi connectivity index (χ3n) is 5.88. The SMILES string of the molecule is CCCC(C)NC(=O)C(c1cccc(C)c1C)N(C(=O)C(C)NC(=O)OC(C)(C)C)C1CC1. The van der Waals surface area contributed by atoms with Crippen molar-refractivity contribution in [3.8, 4) is 0 Å². The lowest BCUT2D eigenvalue weighted by atomic mass is 9.94. The second-order valence-corrected chi connectivity index (χ2v) is 10.2. The van der Waals surface area contributed by atoms with Gasteiger partial charge in [-0.1, -0.05) is 31.5 Å². The second kappa shape index (κ2) is 11.0. The number of benzene rings is 1. The third-order valence-corrected chi connectivity index (χ3v) is 5.88. The zero-order chi connectivity index (χ0) is 24.9. The Kier molecular flexibility index (Phi) is 8.92. The normalized spacial score (nSPS) is 16.4. The van der Waals surface area contributed by atoms with Crippen molar-refractivity contribution in [3.63, 3.8) is 0 Å². The zero-order valence-electron chi connectivity index (χ0n) is 21.5. The number of carbonyl (C=O) groups excluding carboxylic acids is 3. The highest BCUT2D eigenvalue weighted by molar-refractivity contribution is 5.92. The summed E-state index contributed by atoms with van der Waals surface area (Å²) >= 11 is 0. The van der Waals surface area contributed by atoms with Crippen LogP contribution in [0, 0.1) is 13.8 Å². The number of rotatable bonds is 9. The van der Waals surface area contributed by atoms with Gasteiger partial charge < -0.3 is 20.3 Å². The first-order valence-corrected chi connectivity index (χ1v) is 12.0. The fourth-order valence-corrected chi connectivity index (χ4v) is 3.95. The third kappa shape index (κ3) is 7.47. The van der Waals surface area contributed by atoms with Crippen LogP contribution in [0.2, 0.25) is 0 Å². The molecule has 0 saturated heterocycles. The van der Waals surface area contributed by atoms with Crippen molar-refractivity contribution >= 4 is 17.9 Å². The number of hydrogen-bond acceptors (Lipinski definition) is 4. The highest BCUT2D eigenvalue weighted by atomic mass is 16.6. The number of nitrogens with one attached hydrogen (secondary N) is 2. The number of carbonyl (C=O) groups is 3. The second-order valence-electron chi connectivity index (χ2n) is 10.2. The van der Waals surface area contributed by atoms with E-state index in [-0.39, 0.29) is 23.9 Å². The number of amides is 3. The zero-order valence-corrected chi connectivity index (χ0v) is 21.5. The summed E-state index contributed by atoms with van der Waals surface area (Å²) in [7, 11) is 0. The molecule has 0 radical (unpaired) electrons. The van der Waals surface area contributed by atoms with Crippen molar-refractivity contribution in [1.82, 2.24) is 15.5 Å². The fourth-order valence-electron chi connectivity index (χ4n) is 3.95. The first-order valence-electron chi connectivity index (χ1n) is 12.0. The molecule has 3 unspecified atom stereocenters. The summed E-state index contributed by atoms with van der Waals surface area (Å²) < 4.78 is 5.32. The van der Waals surface area contributed by atoms with Crippen LogP contribution in [0.25, 0.3) is 0 Å². The highest BCUT2D eigenvalue weighted by Gasteiger charge is 2.43. The van der Waals surface area contributed by atoms with Crippen LogP contribution in [0.1, 0.15) is 90.0 Å². The summed E-state index contributed by atoms with van der Waals surface area (Å²) in [5, 5.41) is 5.76. The van der Waals surface area contributed by atoms with E-state index in [4.69, 9.17) is 4.74 Å². The monoisotopic (exact) mass is 459 g/mol. The van der Waals surface area contributed by atoms with E-state index in [1.807, 2.05) is 39.0 Å². The van der Waals surface area contributed by atoms with Crippen LogP contribution >= 0.6 is 0 Å². The molecule has 3 amide bonds. The minimum Gasteiger partial charge on any atom is -0.444 e. The van der Waals surface area contributed by atoms with Crippen molar-refractivity contribution < 1.29 is 19.1 Å². The van der Waals surface area contributed by atoms with Crippen molar-refractivity contribution in [2.24, 2.45) is 0 Å². The molecule has 1 aromatic rings. The minimum absolute atomic E-state index is 0.00332. The van der Waals surface area contributed by atoms with Gasteiger partial charge in [0.05, 0.1) is 0 Å². The van der Waals surface area contributed by atoms with Crippen molar-refractivity contribution in [1.29, 1.82) is 0 Å². The number of alkyl carbamates (subject to hydrolysis) is 1. The van der Waals surface area contributed by atoms with Gasteiger partial charge in [0.15, 0.2) is 0 Å². The van der Waals surface area contributed by atoms with E-state index in [9.17, 15) is 14.4 Å². The quantitative estimate of drug-likeness (QED) is 0.567. The summed E-state index contributed by atoms with van der Waals surface area (Å²) in [6, 6.07) is 4.24. The Morgan fingerprint density at radius 2 is 1.76 bits per heavy atom. The van der Waals surface area contributed by atoms with Gasteiger partial charge in [-0.05, 0) is 84.4 Å². The van der Waals surface area contributed by atoms with E-state index >= 15 is 0 Å². The Hall–Kier alpha value is -2.57. The van der Waals surface area contributed by atoms with Crippen LogP contribution in [0.15, 0.2) is 18.2 Å². The topological polar surface area (TPSA) is 87.7 Å². The van der Waals surface area contributed by atoms with Gasteiger partial charge in [0.2, 0.25) is 11.8 Å². The molecule has 1 fully saturated rings. The smallest absolute Gasteiger partial charge is 0.408 e. The lowest BCUT2D eigenvalue weighted by Gasteiger charge is -2.35. The molecule has 1 aliphatic carbocycles. The van der Waals surface area contributed by atoms with E-state index in [1.165, 1.54) is 0 Å². The van der Waals surface area contributed by atoms with E-state index in [0.29, 0.717) is 0 Å². The average molecular weight is 460 g/mol. The lowest BCUT2D eigenvalue weighted by Crippen LogP contribution is -2.53. The Morgan fingerprint density at radius 1 is 1.12 bits per heavy atom. The first-order chi connectivity index (χ1) is 15.4. The van der Waals surface area contributed by atoms with Gasteiger partial charge in [0.1, 0.15) is 17.7 Å². The maximum absolute atomic E-state index is 13.6. The molecule has 0 aliphatic heterocycles. The van der Waals surface area contributed by atoms with Crippen molar-refractivity contribution in [2.75, 3.05) is 0 Å². The van der Waals surface area contributed by atoms with E-state index in [0.717, 1.165) is 42.4 Å². The molecular weight excluding hydrogens is 418 g/mol. The minimum atomic E-state index is -0.825. The Labute approximate surface area is 198 Å². The van der Waals surface area contributed by atoms with Gasteiger partial charge in [-0.25, -0.2) is 4.79 Å². The largest absolute Gasteiger partial charge is 0.444 e. The summed E-state index contributed by atoms with van der Waals surface area (Å²) in [5.41, 5.74) is 2.21. The molecular formula is C26H41N3O4. The molecule has 7 heteroatoms. The maximum Gasteiger partial charge on any atom is 0.408 e. The molecule has 0 spiro atoms. The summed E-state index contributed by atoms with van der Waals surface area (Å²) in [6.07, 6.45) is 2.84. The van der Waals surface area contributed by atoms with E-state index < -0.39 is 23.8 Å². The number of ether oxygens (including phenoxy) is 1. The van der Waals surface area contributed by atoms with Crippen LogP contribution in [0.4, 0.5) is 4.79 Å². The van der Waals surface area contributed by atoms with Gasteiger partial charge in [-0.2, -0.15) is 0 Å². The summed E-state index contributed by atoms with van der Waals surface area (Å²) in [4.78, 5) is 41.2. The maximum atomic E-state index is 13.6. The lowest BCUT2D eigenvalue weighted by molar-refractivity contribution is -0.143. The molecule has 3 atom stereocenters. The molecule has 7 nitrogen and oxygen atoms in total. The molecule has 2 N–H and O–H groups in total. The summed E-state index contributed by atoms with van der Waals surface area (Å²) in [6.45, 7) is 15.0. The standard InChI is InChI=1S/C26H41N3O4/c1-9-11-17(3)27-23(30)22(21-13-10-12-16(2)18(21)4)29(20-14-15-20)24(31)19(5)28-25(32)33-26(6,7)8/h10,12-13,17,19-20,22H,9,11,14-15H2,1-8H3,(H,27,30)(H,28,32). The molecule has 1 aromatic carbocycles. The molecule has 0 aromatic heterocycles. The Morgan fingerprint density at radius 3 is 2.30 bits per heavy atom. The molecule has 1 saturated carbocycles. The number of aryl methyl sites for hydroxylation is 1. The van der Waals surface area contributed by atoms with Crippen LogP contribution in [-0.4, -0.2) is 46.5 Å². The predicted molar refractivity (Wildman–Crippen MR) is 130 cm³/mol. The predicted octanol–water partition coefficient (Wildman–Crippen LogP) is 4.55. The van der Waals surface area contributed by atoms with Gasteiger partial charge >= 0.3 is 6.09 Å². The van der Waals surface area contributed by atoms with Crippen molar-refractivity contribution in [3.05, 3.63) is 34.9 Å². The Bertz CT molecular complexity index is 858. The van der Waals surface area contributed by atoms with Gasteiger partial charge in [0.25, 0.3) is 0 Å². The van der Waals surface area contributed by atoms with Gasteiger partial charge in [0, 0.05) is 12.1 Å². The fraction of sp³-hybridized carbons (Fsp3) is 0.654. The van der Waals surface area contributed by atoms with Crippen LogP contribution in [0.3, 0.4) is 0 Å². The molecule has 33 heavy (non-hydrogen) atoms. The van der Waals surface area contributed by atoms with E-state index in [2.05, 4.69) is 17.6 Å². The van der Waals surface area contributed by atoms with Crippen LogP contribution in [0.5, 0.6) is 0 Å². The van der Waals surface area contributed by atoms with Crippen molar-refractivity contribution in [2.45, 2.75) is 111 Å². The molecule has 1 aliphatic rings. The molecule has 0 heterocycles. The highest BCUT2D eigenvalue weighted by Crippen LogP contribution is 2.37. The van der Waals surface area contributed by atoms with Crippen LogP contribution < -0.4 is 10.6 Å². The Balaban J connectivity index is 2.38. The molecule has 0 bridgehead atoms. The number of nitrogens with zero attached hydrogens (tertiary/aromatic N) is 1. The molecule has 184 valence electrons. The van der Waals surface area contributed by atoms with Crippen LogP contribution in [-0.2, 0) is 14.3 Å². The molecule has 2 rings (SSSR count). The first kappa shape index (κ1) is 26.7. The number of hydrogen-bond donors (Lipinski definition) is 2. The van der Waals surface area contributed by atoms with E-state index in [1.54, 1.807) is 32.6 Å². The summed E-state index contributed by atoms with van der Waals surface area (Å²) in [5.74, 6) is -0.470.